The summed E-state index contributed by atoms with van der Waals surface area (Å²) in [6.45, 7) is 0. The van der Waals surface area contributed by atoms with Crippen molar-refractivity contribution in [1.82, 2.24) is 0 Å². The van der Waals surface area contributed by atoms with Gasteiger partial charge >= 0.3 is 0 Å². The predicted octanol–water partition coefficient (Wildman–Crippen LogP) is 4.16. The molecule has 0 heterocycles. The second-order valence-electron chi connectivity index (χ2n) is 3.67. The molecular weight excluding hydrogens is 239 g/mol. The van der Waals surface area contributed by atoms with Crippen molar-refractivity contribution in [2.45, 2.75) is 5.38 Å². The Kier molecular flexibility index (Phi) is 3.64. The summed E-state index contributed by atoms with van der Waals surface area (Å²) in [6, 6.07) is 14.3. The average molecular weight is 251 g/mol. The maximum atomic E-state index is 13.5. The van der Waals surface area contributed by atoms with Crippen LogP contribution in [0.2, 0.25) is 0 Å². The third-order valence-electron chi connectivity index (χ3n) is 2.56. The summed E-state index contributed by atoms with van der Waals surface area (Å²) in [5.41, 5.74) is 1.66. The molecule has 0 saturated heterocycles. The maximum absolute atomic E-state index is 13.5. The molecule has 1 nitrogen and oxygen atoms in total. The zero-order chi connectivity index (χ0) is 12.3. The second kappa shape index (κ2) is 5.19. The van der Waals surface area contributed by atoms with Gasteiger partial charge in [-0.3, -0.25) is 0 Å². The predicted molar refractivity (Wildman–Crippen MR) is 67.1 cm³/mol. The van der Waals surface area contributed by atoms with E-state index in [0.717, 1.165) is 11.1 Å². The van der Waals surface area contributed by atoms with Gasteiger partial charge in [-0.1, -0.05) is 36.4 Å². The van der Waals surface area contributed by atoms with Crippen molar-refractivity contribution in [2.75, 3.05) is 7.11 Å². The molecular formula is C14H12ClFO. The first-order valence-electron chi connectivity index (χ1n) is 5.25. The minimum Gasteiger partial charge on any atom is -0.494 e. The van der Waals surface area contributed by atoms with Gasteiger partial charge in [0.2, 0.25) is 0 Å². The summed E-state index contributed by atoms with van der Waals surface area (Å²) in [5.74, 6) is -0.169. The molecule has 3 heteroatoms. The minimum absolute atomic E-state index is 0.227. The molecule has 0 N–H and O–H groups in total. The van der Waals surface area contributed by atoms with E-state index in [0.29, 0.717) is 0 Å². The fourth-order valence-corrected chi connectivity index (χ4v) is 1.94. The molecule has 0 fully saturated rings. The van der Waals surface area contributed by atoms with Crippen LogP contribution in [0.4, 0.5) is 4.39 Å². The van der Waals surface area contributed by atoms with Gasteiger partial charge < -0.3 is 4.74 Å². The molecule has 17 heavy (non-hydrogen) atoms. The molecule has 1 unspecified atom stereocenters. The van der Waals surface area contributed by atoms with E-state index < -0.39 is 5.82 Å². The van der Waals surface area contributed by atoms with E-state index in [1.165, 1.54) is 13.2 Å². The number of rotatable bonds is 3. The van der Waals surface area contributed by atoms with Crippen LogP contribution in [0.5, 0.6) is 5.75 Å². The van der Waals surface area contributed by atoms with Crippen LogP contribution in [0, 0.1) is 5.82 Å². The molecule has 0 saturated carbocycles. The number of hydrogen-bond donors (Lipinski definition) is 0. The normalized spacial score (nSPS) is 12.2. The van der Waals surface area contributed by atoms with Gasteiger partial charge in [0, 0.05) is 0 Å². The van der Waals surface area contributed by atoms with Crippen molar-refractivity contribution in [3.63, 3.8) is 0 Å². The molecule has 0 aliphatic heterocycles. The van der Waals surface area contributed by atoms with Crippen LogP contribution in [0.15, 0.2) is 48.5 Å². The van der Waals surface area contributed by atoms with E-state index in [1.54, 1.807) is 12.1 Å². The Balaban J connectivity index is 2.32. The average Bonchev–Trinajstić information content (AvgIpc) is 2.39. The summed E-state index contributed by atoms with van der Waals surface area (Å²) >= 11 is 6.29. The van der Waals surface area contributed by atoms with E-state index in [-0.39, 0.29) is 11.1 Å². The molecule has 2 aromatic carbocycles. The van der Waals surface area contributed by atoms with Gasteiger partial charge in [0.15, 0.2) is 11.6 Å². The van der Waals surface area contributed by atoms with Crippen LogP contribution in [0.1, 0.15) is 16.5 Å². The lowest BCUT2D eigenvalue weighted by Crippen LogP contribution is -1.95. The number of methoxy groups -OCH3 is 1. The highest BCUT2D eigenvalue weighted by Gasteiger charge is 2.12. The largest absolute Gasteiger partial charge is 0.494 e. The van der Waals surface area contributed by atoms with Gasteiger partial charge in [0.05, 0.1) is 12.5 Å². The Bertz CT molecular complexity index is 499. The molecule has 0 radical (unpaired) electrons. The maximum Gasteiger partial charge on any atom is 0.165 e. The lowest BCUT2D eigenvalue weighted by Gasteiger charge is -2.11. The molecule has 0 spiro atoms. The van der Waals surface area contributed by atoms with Gasteiger partial charge in [-0.25, -0.2) is 4.39 Å². The van der Waals surface area contributed by atoms with Gasteiger partial charge in [0.1, 0.15) is 0 Å². The van der Waals surface area contributed by atoms with Gasteiger partial charge in [-0.2, -0.15) is 0 Å². The first-order valence-corrected chi connectivity index (χ1v) is 5.68. The van der Waals surface area contributed by atoms with Crippen molar-refractivity contribution in [2.24, 2.45) is 0 Å². The highest BCUT2D eigenvalue weighted by Crippen LogP contribution is 2.30. The first-order chi connectivity index (χ1) is 8.22. The summed E-state index contributed by atoms with van der Waals surface area (Å²) in [4.78, 5) is 0. The van der Waals surface area contributed by atoms with Crippen LogP contribution >= 0.6 is 11.6 Å². The molecule has 88 valence electrons. The van der Waals surface area contributed by atoms with E-state index in [1.807, 2.05) is 30.3 Å². The van der Waals surface area contributed by atoms with Crippen molar-refractivity contribution >= 4 is 11.6 Å². The number of benzene rings is 2. The SMILES string of the molecule is COc1ccc(C(Cl)c2ccccc2)cc1F. The summed E-state index contributed by atoms with van der Waals surface area (Å²) in [6.07, 6.45) is 0. The minimum atomic E-state index is -0.397. The monoisotopic (exact) mass is 250 g/mol. The van der Waals surface area contributed by atoms with E-state index in [9.17, 15) is 4.39 Å². The molecule has 0 aliphatic rings. The second-order valence-corrected chi connectivity index (χ2v) is 4.10. The van der Waals surface area contributed by atoms with E-state index in [2.05, 4.69) is 0 Å². The third kappa shape index (κ3) is 2.59. The Labute approximate surface area is 105 Å². The van der Waals surface area contributed by atoms with Crippen molar-refractivity contribution < 1.29 is 9.13 Å². The summed E-state index contributed by atoms with van der Waals surface area (Å²) < 4.78 is 18.4. The standard InChI is InChI=1S/C14H12ClFO/c1-17-13-8-7-11(9-12(13)16)14(15)10-5-3-2-4-6-10/h2-9,14H,1H3. The molecule has 0 amide bonds. The third-order valence-corrected chi connectivity index (χ3v) is 3.06. The van der Waals surface area contributed by atoms with Gasteiger partial charge in [-0.15, -0.1) is 11.6 Å². The van der Waals surface area contributed by atoms with Crippen LogP contribution in [0.3, 0.4) is 0 Å². The Morgan fingerprint density at radius 2 is 1.76 bits per heavy atom. The highest BCUT2D eigenvalue weighted by molar-refractivity contribution is 6.22. The molecule has 2 aromatic rings. The van der Waals surface area contributed by atoms with E-state index in [4.69, 9.17) is 16.3 Å². The number of ether oxygens (including phenoxy) is 1. The van der Waals surface area contributed by atoms with Crippen LogP contribution in [-0.2, 0) is 0 Å². The Hall–Kier alpha value is -1.54. The number of hydrogen-bond acceptors (Lipinski definition) is 1. The van der Waals surface area contributed by atoms with Gasteiger partial charge in [-0.05, 0) is 23.3 Å². The summed E-state index contributed by atoms with van der Waals surface area (Å²) in [5, 5.41) is -0.350. The lowest BCUT2D eigenvalue weighted by atomic mass is 10.0. The quantitative estimate of drug-likeness (QED) is 0.743. The fraction of sp³-hybridized carbons (Fsp3) is 0.143. The van der Waals surface area contributed by atoms with E-state index >= 15 is 0 Å². The number of halogens is 2. The molecule has 0 aliphatic carbocycles. The van der Waals surface area contributed by atoms with Crippen LogP contribution < -0.4 is 4.74 Å². The zero-order valence-corrected chi connectivity index (χ0v) is 10.1. The van der Waals surface area contributed by atoms with Crippen LogP contribution in [0.25, 0.3) is 0 Å². The smallest absolute Gasteiger partial charge is 0.165 e. The topological polar surface area (TPSA) is 9.23 Å². The molecule has 1 atom stereocenters. The zero-order valence-electron chi connectivity index (χ0n) is 9.36. The van der Waals surface area contributed by atoms with Gasteiger partial charge in [0.25, 0.3) is 0 Å². The Morgan fingerprint density at radius 1 is 1.06 bits per heavy atom. The van der Waals surface area contributed by atoms with Crippen molar-refractivity contribution in [3.05, 3.63) is 65.5 Å². The van der Waals surface area contributed by atoms with Crippen molar-refractivity contribution in [1.29, 1.82) is 0 Å². The summed E-state index contributed by atoms with van der Waals surface area (Å²) in [7, 11) is 1.44. The first kappa shape index (κ1) is 11.9. The Morgan fingerprint density at radius 3 is 2.35 bits per heavy atom. The van der Waals surface area contributed by atoms with Crippen molar-refractivity contribution in [3.8, 4) is 5.75 Å². The molecule has 0 bridgehead atoms. The lowest BCUT2D eigenvalue weighted by molar-refractivity contribution is 0.386. The number of alkyl halides is 1. The highest BCUT2D eigenvalue weighted by atomic mass is 35.5. The molecule has 2 rings (SSSR count). The fourth-order valence-electron chi connectivity index (χ4n) is 1.65. The van der Waals surface area contributed by atoms with Crippen LogP contribution in [-0.4, -0.2) is 7.11 Å². The molecule has 0 aromatic heterocycles.